The zero-order valence-electron chi connectivity index (χ0n) is 12.7. The summed E-state index contributed by atoms with van der Waals surface area (Å²) in [5.41, 5.74) is 3.95. The molecule has 108 valence electrons. The zero-order chi connectivity index (χ0) is 14.7. The molecule has 0 aliphatic carbocycles. The van der Waals surface area contributed by atoms with Gasteiger partial charge in [0.05, 0.1) is 6.61 Å². The Morgan fingerprint density at radius 1 is 1.05 bits per heavy atom. The Bertz CT molecular complexity index is 742. The first-order chi connectivity index (χ1) is 10.3. The third kappa shape index (κ3) is 2.94. The predicted molar refractivity (Wildman–Crippen MR) is 88.0 cm³/mol. The maximum Gasteiger partial charge on any atom is 0.120 e. The van der Waals surface area contributed by atoms with Crippen LogP contribution in [-0.2, 0) is 6.54 Å². The first-order valence-corrected chi connectivity index (χ1v) is 7.54. The van der Waals surface area contributed by atoms with Crippen molar-refractivity contribution in [2.24, 2.45) is 0 Å². The third-order valence-corrected chi connectivity index (χ3v) is 3.82. The van der Waals surface area contributed by atoms with Crippen molar-refractivity contribution < 1.29 is 4.74 Å². The summed E-state index contributed by atoms with van der Waals surface area (Å²) in [5, 5.41) is 1.23. The van der Waals surface area contributed by atoms with E-state index in [1.165, 1.54) is 22.0 Å². The topological polar surface area (TPSA) is 14.2 Å². The first kappa shape index (κ1) is 13.7. The van der Waals surface area contributed by atoms with E-state index in [0.717, 1.165) is 25.3 Å². The molecular weight excluding hydrogens is 258 g/mol. The summed E-state index contributed by atoms with van der Waals surface area (Å²) in [6, 6.07) is 17.0. The van der Waals surface area contributed by atoms with Gasteiger partial charge in [-0.3, -0.25) is 0 Å². The molecule has 2 aromatic carbocycles. The van der Waals surface area contributed by atoms with Crippen molar-refractivity contribution >= 4 is 10.9 Å². The Morgan fingerprint density at radius 2 is 1.90 bits per heavy atom. The second-order valence-electron chi connectivity index (χ2n) is 5.44. The molecule has 0 spiro atoms. The van der Waals surface area contributed by atoms with E-state index in [2.05, 4.69) is 73.1 Å². The van der Waals surface area contributed by atoms with E-state index in [1.807, 2.05) is 0 Å². The van der Waals surface area contributed by atoms with Gasteiger partial charge in [-0.2, -0.15) is 0 Å². The first-order valence-electron chi connectivity index (χ1n) is 7.54. The fourth-order valence-corrected chi connectivity index (χ4v) is 2.60. The predicted octanol–water partition coefficient (Wildman–Crippen LogP) is 4.79. The molecule has 0 aliphatic rings. The molecule has 0 N–H and O–H groups in total. The molecule has 1 heterocycles. The van der Waals surface area contributed by atoms with Crippen LogP contribution in [0.15, 0.2) is 54.7 Å². The van der Waals surface area contributed by atoms with E-state index in [1.54, 1.807) is 0 Å². The minimum Gasteiger partial charge on any atom is -0.494 e. The molecule has 0 bridgehead atoms. The van der Waals surface area contributed by atoms with Gasteiger partial charge in [-0.25, -0.2) is 0 Å². The highest BCUT2D eigenvalue weighted by atomic mass is 16.5. The number of aromatic nitrogens is 1. The molecule has 0 fully saturated rings. The van der Waals surface area contributed by atoms with Crippen molar-refractivity contribution in [3.05, 3.63) is 65.9 Å². The summed E-state index contributed by atoms with van der Waals surface area (Å²) in [6.07, 6.45) is 3.19. The van der Waals surface area contributed by atoms with Gasteiger partial charge in [-0.1, -0.05) is 31.2 Å². The van der Waals surface area contributed by atoms with Crippen LogP contribution < -0.4 is 4.74 Å². The molecule has 1 aromatic heterocycles. The lowest BCUT2D eigenvalue weighted by molar-refractivity contribution is 0.318. The van der Waals surface area contributed by atoms with Gasteiger partial charge in [-0.15, -0.1) is 0 Å². The van der Waals surface area contributed by atoms with Crippen molar-refractivity contribution in [3.8, 4) is 5.75 Å². The van der Waals surface area contributed by atoms with E-state index in [4.69, 9.17) is 4.74 Å². The van der Waals surface area contributed by atoms with Crippen LogP contribution in [0, 0.1) is 6.92 Å². The van der Waals surface area contributed by atoms with Crippen molar-refractivity contribution in [3.63, 3.8) is 0 Å². The molecule has 0 atom stereocenters. The van der Waals surface area contributed by atoms with Crippen molar-refractivity contribution in [2.45, 2.75) is 26.8 Å². The Hall–Kier alpha value is -2.22. The molecule has 2 nitrogen and oxygen atoms in total. The number of benzene rings is 2. The zero-order valence-corrected chi connectivity index (χ0v) is 12.7. The minimum atomic E-state index is 0.773. The molecule has 0 unspecified atom stereocenters. The maximum absolute atomic E-state index is 5.70. The molecule has 0 saturated carbocycles. The van der Waals surface area contributed by atoms with Gasteiger partial charge in [0.2, 0.25) is 0 Å². The monoisotopic (exact) mass is 279 g/mol. The van der Waals surface area contributed by atoms with Crippen LogP contribution in [0.3, 0.4) is 0 Å². The Morgan fingerprint density at radius 3 is 2.71 bits per heavy atom. The van der Waals surface area contributed by atoms with E-state index in [0.29, 0.717) is 0 Å². The molecular formula is C19H21NO. The molecule has 0 amide bonds. The quantitative estimate of drug-likeness (QED) is 0.655. The van der Waals surface area contributed by atoms with Gasteiger partial charge in [0.1, 0.15) is 5.75 Å². The molecule has 0 saturated heterocycles. The van der Waals surface area contributed by atoms with Gasteiger partial charge in [0, 0.05) is 23.6 Å². The van der Waals surface area contributed by atoms with E-state index in [9.17, 15) is 0 Å². The van der Waals surface area contributed by atoms with Gasteiger partial charge in [-0.05, 0) is 48.7 Å². The second-order valence-corrected chi connectivity index (χ2v) is 5.44. The lowest BCUT2D eigenvalue weighted by Gasteiger charge is -2.09. The summed E-state index contributed by atoms with van der Waals surface area (Å²) in [4.78, 5) is 0. The maximum atomic E-state index is 5.70. The van der Waals surface area contributed by atoms with Gasteiger partial charge in [0.15, 0.2) is 0 Å². The molecule has 3 rings (SSSR count). The highest BCUT2D eigenvalue weighted by molar-refractivity contribution is 5.81. The minimum absolute atomic E-state index is 0.773. The summed E-state index contributed by atoms with van der Waals surface area (Å²) in [7, 11) is 0. The van der Waals surface area contributed by atoms with Crippen LogP contribution >= 0.6 is 0 Å². The van der Waals surface area contributed by atoms with Gasteiger partial charge >= 0.3 is 0 Å². The van der Waals surface area contributed by atoms with Crippen LogP contribution in [0.5, 0.6) is 5.75 Å². The molecule has 0 radical (unpaired) electrons. The number of rotatable bonds is 5. The lowest BCUT2D eigenvalue weighted by atomic mass is 10.1. The number of ether oxygens (including phenoxy) is 1. The van der Waals surface area contributed by atoms with Crippen LogP contribution in [0.4, 0.5) is 0 Å². The van der Waals surface area contributed by atoms with Gasteiger partial charge < -0.3 is 9.30 Å². The number of fused-ring (bicyclic) bond motifs is 1. The van der Waals surface area contributed by atoms with E-state index in [-0.39, 0.29) is 0 Å². The Kier molecular flexibility index (Phi) is 3.96. The van der Waals surface area contributed by atoms with E-state index < -0.39 is 0 Å². The average Bonchev–Trinajstić information content (AvgIpc) is 2.90. The molecule has 2 heteroatoms. The lowest BCUT2D eigenvalue weighted by Crippen LogP contribution is -2.00. The third-order valence-electron chi connectivity index (χ3n) is 3.82. The fraction of sp³-hybridized carbons (Fsp3) is 0.263. The average molecular weight is 279 g/mol. The number of aryl methyl sites for hydroxylation is 1. The smallest absolute Gasteiger partial charge is 0.120 e. The SMILES string of the molecule is CCCOc1ccc2c(ccn2Cc2ccccc2C)c1. The highest BCUT2D eigenvalue weighted by Crippen LogP contribution is 2.23. The van der Waals surface area contributed by atoms with Crippen LogP contribution in [0.2, 0.25) is 0 Å². The Balaban J connectivity index is 1.88. The fourth-order valence-electron chi connectivity index (χ4n) is 2.60. The summed E-state index contributed by atoms with van der Waals surface area (Å²) >= 11 is 0. The molecule has 0 aliphatic heterocycles. The largest absolute Gasteiger partial charge is 0.494 e. The number of nitrogens with zero attached hydrogens (tertiary/aromatic N) is 1. The van der Waals surface area contributed by atoms with Gasteiger partial charge in [0.25, 0.3) is 0 Å². The van der Waals surface area contributed by atoms with Crippen LogP contribution in [0.25, 0.3) is 10.9 Å². The van der Waals surface area contributed by atoms with Crippen LogP contribution in [0.1, 0.15) is 24.5 Å². The summed E-state index contributed by atoms with van der Waals surface area (Å²) < 4.78 is 7.99. The molecule has 3 aromatic rings. The Labute approximate surface area is 126 Å². The number of hydrogen-bond acceptors (Lipinski definition) is 1. The molecule has 21 heavy (non-hydrogen) atoms. The van der Waals surface area contributed by atoms with Crippen molar-refractivity contribution in [1.29, 1.82) is 0 Å². The second kappa shape index (κ2) is 6.04. The highest BCUT2D eigenvalue weighted by Gasteiger charge is 2.05. The summed E-state index contributed by atoms with van der Waals surface area (Å²) in [6.45, 7) is 5.97. The van der Waals surface area contributed by atoms with E-state index >= 15 is 0 Å². The normalized spacial score (nSPS) is 11.0. The van der Waals surface area contributed by atoms with Crippen molar-refractivity contribution in [1.82, 2.24) is 4.57 Å². The van der Waals surface area contributed by atoms with Crippen LogP contribution in [-0.4, -0.2) is 11.2 Å². The van der Waals surface area contributed by atoms with Crippen molar-refractivity contribution in [2.75, 3.05) is 6.61 Å². The number of hydrogen-bond donors (Lipinski definition) is 0. The summed E-state index contributed by atoms with van der Waals surface area (Å²) in [5.74, 6) is 0.956. The standard InChI is InChI=1S/C19H21NO/c1-3-12-21-18-8-9-19-16(13-18)10-11-20(19)14-17-7-5-4-6-15(17)2/h4-11,13H,3,12,14H2,1-2H3.